The van der Waals surface area contributed by atoms with E-state index >= 15 is 0 Å². The van der Waals surface area contributed by atoms with Gasteiger partial charge in [-0.25, -0.2) is 4.79 Å². The third-order valence-electron chi connectivity index (χ3n) is 4.98. The highest BCUT2D eigenvalue weighted by Crippen LogP contribution is 2.34. The van der Waals surface area contributed by atoms with Crippen LogP contribution in [0.15, 0.2) is 42.5 Å². The maximum absolute atomic E-state index is 13.0. The van der Waals surface area contributed by atoms with Crippen LogP contribution in [0.5, 0.6) is 17.2 Å². The SMILES string of the molecule is CCOc1ccc([C@]2(C)NC(=O)N(CC(=O)Nc3ccc4c(c3)OCO4)C2=O)cc1. The van der Waals surface area contributed by atoms with Gasteiger partial charge in [0.25, 0.3) is 5.91 Å². The second kappa shape index (κ2) is 7.58. The lowest BCUT2D eigenvalue weighted by Gasteiger charge is -2.22. The lowest BCUT2D eigenvalue weighted by molar-refractivity contribution is -0.133. The number of amides is 4. The molecule has 0 bridgehead atoms. The van der Waals surface area contributed by atoms with Gasteiger partial charge >= 0.3 is 6.03 Å². The maximum atomic E-state index is 13.0. The third-order valence-corrected chi connectivity index (χ3v) is 4.98. The van der Waals surface area contributed by atoms with E-state index in [1.165, 1.54) is 0 Å². The minimum Gasteiger partial charge on any atom is -0.494 e. The largest absolute Gasteiger partial charge is 0.494 e. The van der Waals surface area contributed by atoms with E-state index in [2.05, 4.69) is 10.6 Å². The molecule has 9 heteroatoms. The molecule has 2 aromatic rings. The van der Waals surface area contributed by atoms with Gasteiger partial charge in [-0.1, -0.05) is 12.1 Å². The van der Waals surface area contributed by atoms with Gasteiger partial charge < -0.3 is 24.8 Å². The quantitative estimate of drug-likeness (QED) is 0.706. The van der Waals surface area contributed by atoms with Gasteiger partial charge in [0.2, 0.25) is 12.7 Å². The predicted octanol–water partition coefficient (Wildman–Crippen LogP) is 2.22. The van der Waals surface area contributed by atoms with Crippen molar-refractivity contribution in [3.05, 3.63) is 48.0 Å². The van der Waals surface area contributed by atoms with Crippen LogP contribution in [0.4, 0.5) is 10.5 Å². The zero-order chi connectivity index (χ0) is 21.3. The van der Waals surface area contributed by atoms with Crippen LogP contribution < -0.4 is 24.8 Å². The number of hydrogen-bond acceptors (Lipinski definition) is 6. The Bertz CT molecular complexity index is 1010. The molecule has 1 atom stereocenters. The number of urea groups is 1. The molecule has 156 valence electrons. The van der Waals surface area contributed by atoms with E-state index in [-0.39, 0.29) is 6.79 Å². The van der Waals surface area contributed by atoms with Gasteiger partial charge in [0.15, 0.2) is 11.5 Å². The van der Waals surface area contributed by atoms with Crippen LogP contribution in [0.25, 0.3) is 0 Å². The van der Waals surface area contributed by atoms with Crippen molar-refractivity contribution >= 4 is 23.5 Å². The number of carbonyl (C=O) groups excluding carboxylic acids is 3. The number of imide groups is 1. The fourth-order valence-corrected chi connectivity index (χ4v) is 3.41. The fourth-order valence-electron chi connectivity index (χ4n) is 3.41. The van der Waals surface area contributed by atoms with Gasteiger partial charge in [-0.3, -0.25) is 14.5 Å². The number of ether oxygens (including phenoxy) is 3. The fraction of sp³-hybridized carbons (Fsp3) is 0.286. The van der Waals surface area contributed by atoms with Crippen molar-refractivity contribution in [2.45, 2.75) is 19.4 Å². The van der Waals surface area contributed by atoms with Crippen LogP contribution in [-0.4, -0.2) is 42.7 Å². The molecule has 0 aromatic heterocycles. The molecule has 9 nitrogen and oxygen atoms in total. The van der Waals surface area contributed by atoms with E-state index in [0.717, 1.165) is 4.90 Å². The van der Waals surface area contributed by atoms with Crippen LogP contribution in [0.3, 0.4) is 0 Å². The Balaban J connectivity index is 1.45. The number of benzene rings is 2. The highest BCUT2D eigenvalue weighted by atomic mass is 16.7. The molecule has 4 rings (SSSR count). The predicted molar refractivity (Wildman–Crippen MR) is 106 cm³/mol. The van der Waals surface area contributed by atoms with Crippen LogP contribution >= 0.6 is 0 Å². The number of hydrogen-bond donors (Lipinski definition) is 2. The van der Waals surface area contributed by atoms with Crippen molar-refractivity contribution in [3.63, 3.8) is 0 Å². The van der Waals surface area contributed by atoms with E-state index in [0.29, 0.717) is 35.1 Å². The minimum absolute atomic E-state index is 0.124. The van der Waals surface area contributed by atoms with Gasteiger partial charge in [-0.15, -0.1) is 0 Å². The highest BCUT2D eigenvalue weighted by Gasteiger charge is 2.49. The molecule has 4 amide bonds. The van der Waals surface area contributed by atoms with Gasteiger partial charge in [0.1, 0.15) is 17.8 Å². The number of nitrogens with zero attached hydrogens (tertiary/aromatic N) is 1. The summed E-state index contributed by atoms with van der Waals surface area (Å²) in [6.45, 7) is 3.73. The van der Waals surface area contributed by atoms with Crippen molar-refractivity contribution in [2.24, 2.45) is 0 Å². The Hall–Kier alpha value is -3.75. The summed E-state index contributed by atoms with van der Waals surface area (Å²) >= 11 is 0. The molecule has 30 heavy (non-hydrogen) atoms. The van der Waals surface area contributed by atoms with Crippen molar-refractivity contribution in [2.75, 3.05) is 25.3 Å². The topological polar surface area (TPSA) is 106 Å². The normalized spacial score (nSPS) is 19.6. The monoisotopic (exact) mass is 411 g/mol. The lowest BCUT2D eigenvalue weighted by atomic mass is 9.92. The molecular weight excluding hydrogens is 390 g/mol. The van der Waals surface area contributed by atoms with E-state index in [1.54, 1.807) is 49.4 Å². The zero-order valence-electron chi connectivity index (χ0n) is 16.6. The van der Waals surface area contributed by atoms with Crippen LogP contribution in [-0.2, 0) is 15.1 Å². The number of nitrogens with one attached hydrogen (secondary N) is 2. The van der Waals surface area contributed by atoms with Crippen molar-refractivity contribution in [1.82, 2.24) is 10.2 Å². The molecule has 0 saturated carbocycles. The van der Waals surface area contributed by atoms with Crippen LogP contribution in [0, 0.1) is 0 Å². The second-order valence-corrected chi connectivity index (χ2v) is 7.02. The molecule has 2 N–H and O–H groups in total. The number of carbonyl (C=O) groups is 3. The molecule has 0 aliphatic carbocycles. The maximum Gasteiger partial charge on any atom is 0.325 e. The number of rotatable bonds is 6. The van der Waals surface area contributed by atoms with Crippen molar-refractivity contribution in [3.8, 4) is 17.2 Å². The lowest BCUT2D eigenvalue weighted by Crippen LogP contribution is -2.42. The Kier molecular flexibility index (Phi) is 4.94. The van der Waals surface area contributed by atoms with E-state index in [1.807, 2.05) is 6.92 Å². The van der Waals surface area contributed by atoms with Gasteiger partial charge in [0, 0.05) is 11.8 Å². The van der Waals surface area contributed by atoms with Gasteiger partial charge in [0.05, 0.1) is 6.61 Å². The van der Waals surface area contributed by atoms with E-state index in [9.17, 15) is 14.4 Å². The molecule has 0 radical (unpaired) electrons. The summed E-state index contributed by atoms with van der Waals surface area (Å²) in [5, 5.41) is 5.34. The Morgan fingerprint density at radius 1 is 1.17 bits per heavy atom. The first-order valence-electron chi connectivity index (χ1n) is 9.47. The number of fused-ring (bicyclic) bond motifs is 1. The molecule has 1 fully saturated rings. The molecule has 2 heterocycles. The van der Waals surface area contributed by atoms with Crippen LogP contribution in [0.2, 0.25) is 0 Å². The average Bonchev–Trinajstić information content (AvgIpc) is 3.27. The zero-order valence-corrected chi connectivity index (χ0v) is 16.6. The van der Waals surface area contributed by atoms with Crippen LogP contribution in [0.1, 0.15) is 19.4 Å². The summed E-state index contributed by atoms with van der Waals surface area (Å²) in [5.74, 6) is 0.770. The first kappa shape index (κ1) is 19.6. The first-order chi connectivity index (χ1) is 14.4. The van der Waals surface area contributed by atoms with Crippen molar-refractivity contribution < 1.29 is 28.6 Å². The summed E-state index contributed by atoms with van der Waals surface area (Å²) in [7, 11) is 0. The summed E-state index contributed by atoms with van der Waals surface area (Å²) in [6.07, 6.45) is 0. The van der Waals surface area contributed by atoms with E-state index in [4.69, 9.17) is 14.2 Å². The summed E-state index contributed by atoms with van der Waals surface area (Å²) in [5.41, 5.74) is -0.186. The van der Waals surface area contributed by atoms with Gasteiger partial charge in [-0.05, 0) is 43.7 Å². The van der Waals surface area contributed by atoms with Crippen molar-refractivity contribution in [1.29, 1.82) is 0 Å². The Morgan fingerprint density at radius 3 is 2.63 bits per heavy atom. The van der Waals surface area contributed by atoms with Gasteiger partial charge in [-0.2, -0.15) is 0 Å². The highest BCUT2D eigenvalue weighted by molar-refractivity contribution is 6.10. The minimum atomic E-state index is -1.26. The molecule has 1 saturated heterocycles. The first-order valence-corrected chi connectivity index (χ1v) is 9.47. The molecular formula is C21H21N3O6. The Labute approximate surface area is 172 Å². The molecule has 0 unspecified atom stereocenters. The second-order valence-electron chi connectivity index (χ2n) is 7.02. The smallest absolute Gasteiger partial charge is 0.325 e. The Morgan fingerprint density at radius 2 is 1.90 bits per heavy atom. The average molecular weight is 411 g/mol. The molecule has 2 aromatic carbocycles. The molecule has 2 aliphatic rings. The van der Waals surface area contributed by atoms with E-state index < -0.39 is 29.9 Å². The number of anilines is 1. The third kappa shape index (κ3) is 3.49. The standard InChI is InChI=1S/C21H21N3O6/c1-3-28-15-7-4-13(5-8-15)21(2)19(26)24(20(27)23-21)11-18(25)22-14-6-9-16-17(10-14)30-12-29-16/h4-10H,3,11-12H2,1-2H3,(H,22,25)(H,23,27)/t21-/m0/s1. The summed E-state index contributed by atoms with van der Waals surface area (Å²) < 4.78 is 15.9. The summed E-state index contributed by atoms with van der Waals surface area (Å²) in [4.78, 5) is 38.8. The summed E-state index contributed by atoms with van der Waals surface area (Å²) in [6, 6.07) is 11.2. The molecule has 0 spiro atoms. The molecule has 2 aliphatic heterocycles.